The van der Waals surface area contributed by atoms with E-state index in [0.29, 0.717) is 18.8 Å². The first kappa shape index (κ1) is 37.6. The molecular formula is C36H61FN2O6. The van der Waals surface area contributed by atoms with Crippen LogP contribution < -0.4 is 11.2 Å². The van der Waals surface area contributed by atoms with Crippen molar-refractivity contribution in [2.45, 2.75) is 169 Å². The standard InChI is InChI=1S/C36H61FN2O6/c1-8-20-36(21-9-2)44-31-30(24-40)43-34(32(31)45-36)39-23-29(37)33(41)38(35(39)42)22-19-28(7)18-12-17-27(6)16-11-15-26(5)14-10-13-25(3)4/h19,23,25-27,30-32,34,40H,8-18,20-22,24H2,1-7H3/t26?,27?,30-,31-,32-,34-/m1/s1. The minimum absolute atomic E-state index is 0.0251. The summed E-state index contributed by atoms with van der Waals surface area (Å²) in [5.74, 6) is 0.367. The van der Waals surface area contributed by atoms with E-state index in [-0.39, 0.29) is 13.2 Å². The summed E-state index contributed by atoms with van der Waals surface area (Å²) in [5, 5.41) is 10.0. The molecule has 0 bridgehead atoms. The fourth-order valence-electron chi connectivity index (χ4n) is 6.98. The van der Waals surface area contributed by atoms with E-state index in [0.717, 1.165) is 64.8 Å². The van der Waals surface area contributed by atoms with E-state index in [1.54, 1.807) is 0 Å². The molecule has 0 aliphatic carbocycles. The number of hydrogen-bond donors (Lipinski definition) is 1. The molecule has 1 aromatic rings. The van der Waals surface area contributed by atoms with Crippen LogP contribution in [0.25, 0.3) is 0 Å². The van der Waals surface area contributed by atoms with E-state index in [2.05, 4.69) is 27.7 Å². The summed E-state index contributed by atoms with van der Waals surface area (Å²) in [6, 6.07) is 0. The van der Waals surface area contributed by atoms with Gasteiger partial charge in [0.15, 0.2) is 12.0 Å². The maximum absolute atomic E-state index is 15.0. The van der Waals surface area contributed by atoms with Crippen LogP contribution in [0.15, 0.2) is 27.4 Å². The number of hydrogen-bond acceptors (Lipinski definition) is 6. The van der Waals surface area contributed by atoms with Gasteiger partial charge in [-0.1, -0.05) is 111 Å². The number of allylic oxidation sites excluding steroid dienone is 2. The van der Waals surface area contributed by atoms with E-state index in [1.807, 2.05) is 26.8 Å². The first-order valence-corrected chi connectivity index (χ1v) is 17.7. The van der Waals surface area contributed by atoms with Gasteiger partial charge >= 0.3 is 5.69 Å². The van der Waals surface area contributed by atoms with Crippen LogP contribution >= 0.6 is 0 Å². The molecule has 258 valence electrons. The molecule has 1 N–H and O–H groups in total. The van der Waals surface area contributed by atoms with Gasteiger partial charge in [0.1, 0.15) is 18.3 Å². The summed E-state index contributed by atoms with van der Waals surface area (Å²) in [7, 11) is 0. The molecule has 3 heterocycles. The largest absolute Gasteiger partial charge is 0.394 e. The number of fused-ring (bicyclic) bond motifs is 1. The lowest BCUT2D eigenvalue weighted by Crippen LogP contribution is -2.44. The van der Waals surface area contributed by atoms with Crippen molar-refractivity contribution in [3.8, 4) is 0 Å². The second-order valence-electron chi connectivity index (χ2n) is 14.3. The predicted octanol–water partition coefficient (Wildman–Crippen LogP) is 7.50. The summed E-state index contributed by atoms with van der Waals surface area (Å²) in [5.41, 5.74) is -0.570. The number of ether oxygens (including phenoxy) is 3. The highest BCUT2D eigenvalue weighted by molar-refractivity contribution is 5.03. The highest BCUT2D eigenvalue weighted by Crippen LogP contribution is 2.46. The van der Waals surface area contributed by atoms with Crippen LogP contribution in [0, 0.1) is 23.6 Å². The van der Waals surface area contributed by atoms with Crippen molar-refractivity contribution in [1.82, 2.24) is 9.13 Å². The molecule has 0 spiro atoms. The van der Waals surface area contributed by atoms with Gasteiger partial charge in [-0.15, -0.1) is 0 Å². The number of aliphatic hydroxyl groups is 1. The molecule has 3 rings (SSSR count). The SMILES string of the molecule is CCCC1(CCC)O[C@@H]2[C@H](O1)[C@@H](CO)O[C@H]2n1cc(F)c(=O)n(CC=C(C)CCCC(C)CCCC(C)CCCC(C)C)c1=O. The molecule has 9 heteroatoms. The van der Waals surface area contributed by atoms with E-state index in [9.17, 15) is 19.1 Å². The van der Waals surface area contributed by atoms with Gasteiger partial charge in [0.05, 0.1) is 12.8 Å². The Bertz CT molecular complexity index is 1190. The monoisotopic (exact) mass is 636 g/mol. The van der Waals surface area contributed by atoms with E-state index in [4.69, 9.17) is 14.2 Å². The topological polar surface area (TPSA) is 91.9 Å². The molecule has 45 heavy (non-hydrogen) atoms. The van der Waals surface area contributed by atoms with E-state index >= 15 is 0 Å². The van der Waals surface area contributed by atoms with Gasteiger partial charge in [-0.25, -0.2) is 4.79 Å². The van der Waals surface area contributed by atoms with Gasteiger partial charge in [0.25, 0.3) is 5.56 Å². The average Bonchev–Trinajstić information content (AvgIpc) is 3.50. The quantitative estimate of drug-likeness (QED) is 0.149. The lowest BCUT2D eigenvalue weighted by Gasteiger charge is -2.31. The highest BCUT2D eigenvalue weighted by Gasteiger charge is 2.58. The van der Waals surface area contributed by atoms with Crippen LogP contribution in [0.5, 0.6) is 0 Å². The molecule has 2 aliphatic heterocycles. The van der Waals surface area contributed by atoms with Crippen molar-refractivity contribution in [2.75, 3.05) is 6.61 Å². The number of rotatable bonds is 20. The summed E-state index contributed by atoms with van der Waals surface area (Å²) >= 11 is 0. The van der Waals surface area contributed by atoms with Crippen molar-refractivity contribution in [1.29, 1.82) is 0 Å². The highest BCUT2D eigenvalue weighted by atomic mass is 19.1. The maximum Gasteiger partial charge on any atom is 0.333 e. The normalized spacial score (nSPS) is 24.4. The van der Waals surface area contributed by atoms with Crippen LogP contribution in [-0.2, 0) is 20.8 Å². The Labute approximate surface area is 270 Å². The first-order chi connectivity index (χ1) is 21.4. The van der Waals surface area contributed by atoms with Crippen molar-refractivity contribution in [3.05, 3.63) is 44.5 Å². The van der Waals surface area contributed by atoms with Crippen molar-refractivity contribution < 1.29 is 23.7 Å². The molecule has 2 fully saturated rings. The number of nitrogens with zero attached hydrogens (tertiary/aromatic N) is 2. The Hall–Kier alpha value is -1.81. The average molecular weight is 637 g/mol. The third kappa shape index (κ3) is 10.3. The zero-order valence-electron chi connectivity index (χ0n) is 29.1. The molecule has 2 aliphatic rings. The second kappa shape index (κ2) is 17.9. The fraction of sp³-hybridized carbons (Fsp3) is 0.833. The van der Waals surface area contributed by atoms with Crippen LogP contribution in [0.3, 0.4) is 0 Å². The summed E-state index contributed by atoms with van der Waals surface area (Å²) < 4.78 is 35.7. The molecule has 8 nitrogen and oxygen atoms in total. The van der Waals surface area contributed by atoms with Crippen LogP contribution in [0.4, 0.5) is 4.39 Å². The van der Waals surface area contributed by atoms with Crippen molar-refractivity contribution in [3.63, 3.8) is 0 Å². The first-order valence-electron chi connectivity index (χ1n) is 17.7. The van der Waals surface area contributed by atoms with Gasteiger partial charge in [-0.3, -0.25) is 13.9 Å². The number of halogens is 1. The minimum Gasteiger partial charge on any atom is -0.394 e. The Morgan fingerprint density at radius 1 is 0.956 bits per heavy atom. The zero-order chi connectivity index (χ0) is 33.1. The van der Waals surface area contributed by atoms with Crippen LogP contribution in [0.2, 0.25) is 0 Å². The molecule has 0 saturated carbocycles. The van der Waals surface area contributed by atoms with E-state index in [1.165, 1.54) is 38.5 Å². The Kier molecular flexibility index (Phi) is 15.0. The Morgan fingerprint density at radius 3 is 2.11 bits per heavy atom. The number of aliphatic hydroxyl groups excluding tert-OH is 1. The van der Waals surface area contributed by atoms with Crippen molar-refractivity contribution in [2.24, 2.45) is 17.8 Å². The van der Waals surface area contributed by atoms with Gasteiger partial charge in [0, 0.05) is 19.4 Å². The second-order valence-corrected chi connectivity index (χ2v) is 14.3. The molecule has 1 aromatic heterocycles. The zero-order valence-corrected chi connectivity index (χ0v) is 29.1. The molecule has 0 amide bonds. The van der Waals surface area contributed by atoms with Gasteiger partial charge < -0.3 is 19.3 Å². The molecule has 0 aromatic carbocycles. The molecule has 6 atom stereocenters. The lowest BCUT2D eigenvalue weighted by atomic mass is 9.91. The maximum atomic E-state index is 15.0. The molecule has 2 unspecified atom stereocenters. The fourth-order valence-corrected chi connectivity index (χ4v) is 6.98. The summed E-state index contributed by atoms with van der Waals surface area (Å²) in [6.45, 7) is 15.0. The molecular weight excluding hydrogens is 575 g/mol. The predicted molar refractivity (Wildman–Crippen MR) is 177 cm³/mol. The Morgan fingerprint density at radius 2 is 1.53 bits per heavy atom. The molecule has 0 radical (unpaired) electrons. The smallest absolute Gasteiger partial charge is 0.333 e. The number of aromatic nitrogens is 2. The van der Waals surface area contributed by atoms with Crippen molar-refractivity contribution >= 4 is 0 Å². The summed E-state index contributed by atoms with van der Waals surface area (Å²) in [4.78, 5) is 26.3. The summed E-state index contributed by atoms with van der Waals surface area (Å²) in [6.07, 6.45) is 13.5. The van der Waals surface area contributed by atoms with Gasteiger partial charge in [-0.2, -0.15) is 4.39 Å². The van der Waals surface area contributed by atoms with Crippen LogP contribution in [0.1, 0.15) is 138 Å². The van der Waals surface area contributed by atoms with Gasteiger partial charge in [0.2, 0.25) is 5.82 Å². The van der Waals surface area contributed by atoms with E-state index < -0.39 is 47.4 Å². The third-order valence-electron chi connectivity index (χ3n) is 9.62. The third-order valence-corrected chi connectivity index (χ3v) is 9.62. The minimum atomic E-state index is -1.04. The van der Waals surface area contributed by atoms with Crippen LogP contribution in [-0.4, -0.2) is 44.9 Å². The molecule has 2 saturated heterocycles. The van der Waals surface area contributed by atoms with Gasteiger partial charge in [-0.05, 0) is 37.5 Å². The Balaban J connectivity index is 1.59. The lowest BCUT2D eigenvalue weighted by molar-refractivity contribution is -0.227.